The van der Waals surface area contributed by atoms with E-state index in [1.165, 1.54) is 16.7 Å². The maximum absolute atomic E-state index is 13.5. The van der Waals surface area contributed by atoms with Crippen LogP contribution in [0.2, 0.25) is 0 Å². The molecular weight excluding hydrogens is 368 g/mol. The van der Waals surface area contributed by atoms with Gasteiger partial charge in [-0.25, -0.2) is 0 Å². The predicted octanol–water partition coefficient (Wildman–Crippen LogP) is 6.31. The van der Waals surface area contributed by atoms with E-state index in [4.69, 9.17) is 4.99 Å². The van der Waals surface area contributed by atoms with Crippen molar-refractivity contribution in [2.24, 2.45) is 10.9 Å². The first-order chi connectivity index (χ1) is 14.6. The number of aryl methyl sites for hydroxylation is 2. The molecule has 3 atom stereocenters. The first kappa shape index (κ1) is 18.8. The summed E-state index contributed by atoms with van der Waals surface area (Å²) in [4.78, 5) is 18.5. The van der Waals surface area contributed by atoms with Crippen LogP contribution in [-0.4, -0.2) is 11.5 Å². The van der Waals surface area contributed by atoms with E-state index < -0.39 is 0 Å². The first-order valence-electron chi connectivity index (χ1n) is 10.7. The Hall–Kier alpha value is -3.20. The van der Waals surface area contributed by atoms with Crippen LogP contribution in [0.15, 0.2) is 77.8 Å². The summed E-state index contributed by atoms with van der Waals surface area (Å²) in [5.41, 5.74) is 7.73. The van der Waals surface area contributed by atoms with Gasteiger partial charge in [-0.3, -0.25) is 9.79 Å². The number of aliphatic imine (C=N–C) groups is 1. The largest absolute Gasteiger partial charge is 0.375 e. The lowest BCUT2D eigenvalue weighted by Gasteiger charge is -2.34. The van der Waals surface area contributed by atoms with E-state index in [2.05, 4.69) is 73.8 Å². The minimum Gasteiger partial charge on any atom is -0.375 e. The second-order valence-electron chi connectivity index (χ2n) is 8.61. The van der Waals surface area contributed by atoms with Crippen molar-refractivity contribution in [1.82, 2.24) is 0 Å². The maximum Gasteiger partial charge on any atom is 0.144 e. The number of ketones is 1. The van der Waals surface area contributed by atoms with Crippen molar-refractivity contribution >= 4 is 22.9 Å². The fourth-order valence-electron chi connectivity index (χ4n) is 4.72. The van der Waals surface area contributed by atoms with Crippen LogP contribution in [0.25, 0.3) is 0 Å². The lowest BCUT2D eigenvalue weighted by molar-refractivity contribution is -0.122. The van der Waals surface area contributed by atoms with Crippen LogP contribution < -0.4 is 5.32 Å². The third-order valence-electron chi connectivity index (χ3n) is 6.41. The molecule has 3 aromatic carbocycles. The number of nitrogens with one attached hydrogen (secondary N) is 1. The molecule has 0 bridgehead atoms. The van der Waals surface area contributed by atoms with E-state index in [9.17, 15) is 4.79 Å². The number of benzene rings is 3. The second kappa shape index (κ2) is 7.56. The Balaban J connectivity index is 1.58. The van der Waals surface area contributed by atoms with Crippen molar-refractivity contribution in [2.45, 2.75) is 38.6 Å². The number of carbonyl (C=O) groups excluding carboxylic acids is 1. The van der Waals surface area contributed by atoms with Crippen LogP contribution in [0.1, 0.15) is 47.1 Å². The second-order valence-corrected chi connectivity index (χ2v) is 8.61. The molecule has 1 fully saturated rings. The summed E-state index contributed by atoms with van der Waals surface area (Å²) in [6.07, 6.45) is 1.38. The fraction of sp³-hybridized carbons (Fsp3) is 0.259. The molecule has 0 aromatic heterocycles. The highest BCUT2D eigenvalue weighted by molar-refractivity contribution is 6.10. The number of fused-ring (bicyclic) bond motifs is 2. The molecule has 0 radical (unpaired) electrons. The normalized spacial score (nSPS) is 22.9. The average Bonchev–Trinajstić information content (AvgIpc) is 2.91. The zero-order valence-corrected chi connectivity index (χ0v) is 17.4. The highest BCUT2D eigenvalue weighted by atomic mass is 16.1. The van der Waals surface area contributed by atoms with Gasteiger partial charge in [0.05, 0.1) is 23.3 Å². The van der Waals surface area contributed by atoms with E-state index in [-0.39, 0.29) is 23.7 Å². The SMILES string of the molecule is Cc1ccc([C@@H]2CC(=O)C3C(=Nc4ccccc4N[C@H]3c3ccc(C)cc3)C2)cc1. The van der Waals surface area contributed by atoms with Crippen molar-refractivity contribution in [2.75, 3.05) is 5.32 Å². The third-order valence-corrected chi connectivity index (χ3v) is 6.41. The Morgan fingerprint density at radius 2 is 1.43 bits per heavy atom. The van der Waals surface area contributed by atoms with E-state index in [0.29, 0.717) is 6.42 Å². The summed E-state index contributed by atoms with van der Waals surface area (Å²) in [6, 6.07) is 25.1. The van der Waals surface area contributed by atoms with Gasteiger partial charge in [-0.05, 0) is 49.4 Å². The Morgan fingerprint density at radius 3 is 2.13 bits per heavy atom. The summed E-state index contributed by atoms with van der Waals surface area (Å²) in [5.74, 6) is 0.232. The topological polar surface area (TPSA) is 41.5 Å². The average molecular weight is 395 g/mol. The Bertz CT molecular complexity index is 1110. The van der Waals surface area contributed by atoms with Gasteiger partial charge in [0.1, 0.15) is 5.78 Å². The summed E-state index contributed by atoms with van der Waals surface area (Å²) in [6.45, 7) is 4.18. The standard InChI is InChI=1S/C27H26N2O/c1-17-7-11-19(12-8-17)21-15-24-26(25(30)16-21)27(20-13-9-18(2)10-14-20)29-23-6-4-3-5-22(23)28-24/h3-14,21,26-27,29H,15-16H2,1-2H3/t21-,26?,27-/m0/s1. The van der Waals surface area contributed by atoms with Crippen molar-refractivity contribution in [1.29, 1.82) is 0 Å². The molecule has 150 valence electrons. The highest BCUT2D eigenvalue weighted by Gasteiger charge is 2.41. The van der Waals surface area contributed by atoms with Crippen molar-refractivity contribution in [3.63, 3.8) is 0 Å². The van der Waals surface area contributed by atoms with Crippen LogP contribution in [0.4, 0.5) is 11.4 Å². The van der Waals surface area contributed by atoms with Gasteiger partial charge in [0, 0.05) is 12.1 Å². The van der Waals surface area contributed by atoms with E-state index in [1.807, 2.05) is 18.2 Å². The van der Waals surface area contributed by atoms with Gasteiger partial charge in [0.2, 0.25) is 0 Å². The molecule has 5 rings (SSSR count). The smallest absolute Gasteiger partial charge is 0.144 e. The van der Waals surface area contributed by atoms with Gasteiger partial charge in [-0.1, -0.05) is 71.8 Å². The van der Waals surface area contributed by atoms with Gasteiger partial charge in [-0.15, -0.1) is 0 Å². The molecule has 1 unspecified atom stereocenters. The molecule has 3 heteroatoms. The van der Waals surface area contributed by atoms with Crippen LogP contribution in [0.3, 0.4) is 0 Å². The number of hydrogen-bond acceptors (Lipinski definition) is 3. The number of anilines is 1. The molecule has 1 aliphatic heterocycles. The van der Waals surface area contributed by atoms with Gasteiger partial charge >= 0.3 is 0 Å². The van der Waals surface area contributed by atoms with Crippen molar-refractivity contribution in [3.8, 4) is 0 Å². The van der Waals surface area contributed by atoms with E-state index >= 15 is 0 Å². The van der Waals surface area contributed by atoms with Gasteiger partial charge in [0.25, 0.3) is 0 Å². The number of carbonyl (C=O) groups is 1. The quantitative estimate of drug-likeness (QED) is 0.554. The zero-order chi connectivity index (χ0) is 20.7. The molecule has 0 saturated heterocycles. The van der Waals surface area contributed by atoms with Gasteiger partial charge < -0.3 is 5.32 Å². The van der Waals surface area contributed by atoms with Crippen LogP contribution in [0, 0.1) is 19.8 Å². The summed E-state index contributed by atoms with van der Waals surface area (Å²) in [5, 5.41) is 3.65. The van der Waals surface area contributed by atoms with Crippen molar-refractivity contribution in [3.05, 3.63) is 95.1 Å². The lowest BCUT2D eigenvalue weighted by atomic mass is 9.72. The number of hydrogen-bond donors (Lipinski definition) is 1. The first-order valence-corrected chi connectivity index (χ1v) is 10.7. The Morgan fingerprint density at radius 1 is 0.800 bits per heavy atom. The lowest BCUT2D eigenvalue weighted by Crippen LogP contribution is -2.38. The molecule has 3 aromatic rings. The predicted molar refractivity (Wildman–Crippen MR) is 123 cm³/mol. The molecule has 1 heterocycles. The van der Waals surface area contributed by atoms with Crippen LogP contribution >= 0.6 is 0 Å². The minimum absolute atomic E-state index is 0.0977. The number of rotatable bonds is 2. The molecular formula is C27H26N2O. The number of nitrogens with zero attached hydrogens (tertiary/aromatic N) is 1. The summed E-state index contributed by atoms with van der Waals surface area (Å²) >= 11 is 0. The van der Waals surface area contributed by atoms with E-state index in [1.54, 1.807) is 0 Å². The highest BCUT2D eigenvalue weighted by Crippen LogP contribution is 2.43. The van der Waals surface area contributed by atoms with Crippen LogP contribution in [0.5, 0.6) is 0 Å². The molecule has 2 aliphatic rings. The molecule has 3 nitrogen and oxygen atoms in total. The Labute approximate surface area is 177 Å². The zero-order valence-electron chi connectivity index (χ0n) is 17.4. The van der Waals surface area contributed by atoms with Crippen LogP contribution in [-0.2, 0) is 4.79 Å². The molecule has 1 N–H and O–H groups in total. The molecule has 0 amide bonds. The molecule has 0 spiro atoms. The van der Waals surface area contributed by atoms with Crippen molar-refractivity contribution < 1.29 is 4.79 Å². The third kappa shape index (κ3) is 3.45. The molecule has 1 saturated carbocycles. The Kier molecular flexibility index (Phi) is 4.74. The monoisotopic (exact) mass is 394 g/mol. The number of Topliss-reactive ketones (excluding diaryl/α,β-unsaturated/α-hetero) is 1. The molecule has 30 heavy (non-hydrogen) atoms. The van der Waals surface area contributed by atoms with E-state index in [0.717, 1.165) is 29.1 Å². The summed E-state index contributed by atoms with van der Waals surface area (Å²) in [7, 11) is 0. The number of para-hydroxylation sites is 2. The van der Waals surface area contributed by atoms with Gasteiger partial charge in [-0.2, -0.15) is 0 Å². The maximum atomic E-state index is 13.5. The summed E-state index contributed by atoms with van der Waals surface area (Å²) < 4.78 is 0. The fourth-order valence-corrected chi connectivity index (χ4v) is 4.72. The van der Waals surface area contributed by atoms with Gasteiger partial charge in [0.15, 0.2) is 0 Å². The minimum atomic E-state index is -0.234. The molecule has 1 aliphatic carbocycles.